The van der Waals surface area contributed by atoms with Crippen LogP contribution in [0.15, 0.2) is 16.5 Å². The maximum atomic E-state index is 11.5. The predicted octanol–water partition coefficient (Wildman–Crippen LogP) is 0.288. The van der Waals surface area contributed by atoms with Crippen LogP contribution in [0.2, 0.25) is 0 Å². The third-order valence-electron chi connectivity index (χ3n) is 1.99. The molecule has 1 rings (SSSR count). The zero-order chi connectivity index (χ0) is 12.0. The molecule has 1 aromatic rings. The van der Waals surface area contributed by atoms with Crippen molar-refractivity contribution in [2.75, 3.05) is 19.6 Å². The third kappa shape index (κ3) is 4.46. The molecule has 1 unspecified atom stereocenters. The van der Waals surface area contributed by atoms with E-state index in [9.17, 15) is 4.79 Å². The van der Waals surface area contributed by atoms with E-state index in [-0.39, 0.29) is 12.0 Å². The normalized spacial score (nSPS) is 12.4. The van der Waals surface area contributed by atoms with Crippen LogP contribution in [0.1, 0.15) is 23.2 Å². The quantitative estimate of drug-likeness (QED) is 0.609. The van der Waals surface area contributed by atoms with E-state index < -0.39 is 0 Å². The molecule has 0 saturated heterocycles. The van der Waals surface area contributed by atoms with Gasteiger partial charge in [0.2, 0.25) is 0 Å². The van der Waals surface area contributed by atoms with Crippen molar-refractivity contribution in [2.45, 2.75) is 20.0 Å². The second-order valence-corrected chi connectivity index (χ2v) is 3.72. The highest BCUT2D eigenvalue weighted by Gasteiger charge is 2.08. The van der Waals surface area contributed by atoms with Gasteiger partial charge in [0, 0.05) is 19.6 Å². The van der Waals surface area contributed by atoms with Gasteiger partial charge in [0.25, 0.3) is 5.91 Å². The lowest BCUT2D eigenvalue weighted by atomic mass is 10.4. The van der Waals surface area contributed by atoms with Crippen molar-refractivity contribution in [3.63, 3.8) is 0 Å². The number of hydrogen-bond acceptors (Lipinski definition) is 4. The molecule has 0 bridgehead atoms. The lowest BCUT2D eigenvalue weighted by molar-refractivity contribution is 0.0924. The third-order valence-corrected chi connectivity index (χ3v) is 1.99. The lowest BCUT2D eigenvalue weighted by Crippen LogP contribution is -2.34. The fourth-order valence-corrected chi connectivity index (χ4v) is 1.22. The molecule has 1 amide bonds. The first-order valence-electron chi connectivity index (χ1n) is 5.33. The van der Waals surface area contributed by atoms with E-state index in [0.29, 0.717) is 25.4 Å². The number of rotatable bonds is 6. The molecule has 3 N–H and O–H groups in total. The molecule has 0 aliphatic carbocycles. The number of aryl methyl sites for hydroxylation is 1. The van der Waals surface area contributed by atoms with Crippen LogP contribution in [0.3, 0.4) is 0 Å². The van der Waals surface area contributed by atoms with E-state index >= 15 is 0 Å². The predicted molar refractivity (Wildman–Crippen MR) is 60.3 cm³/mol. The fraction of sp³-hybridized carbons (Fsp3) is 0.545. The standard InChI is InChI=1S/C11H18N2O3/c1-8(14)7-12-5-6-13-11(15)10-4-3-9(2)16-10/h3-4,8,12,14H,5-7H2,1-2H3,(H,13,15). The Balaban J connectivity index is 2.16. The summed E-state index contributed by atoms with van der Waals surface area (Å²) in [6.45, 7) is 5.15. The highest BCUT2D eigenvalue weighted by Crippen LogP contribution is 2.05. The highest BCUT2D eigenvalue weighted by atomic mass is 16.3. The lowest BCUT2D eigenvalue weighted by Gasteiger charge is -2.07. The number of nitrogens with one attached hydrogen (secondary N) is 2. The molecule has 0 radical (unpaired) electrons. The summed E-state index contributed by atoms with van der Waals surface area (Å²) >= 11 is 0. The van der Waals surface area contributed by atoms with E-state index in [1.807, 2.05) is 0 Å². The van der Waals surface area contributed by atoms with Crippen molar-refractivity contribution < 1.29 is 14.3 Å². The van der Waals surface area contributed by atoms with E-state index in [1.54, 1.807) is 26.0 Å². The Kier molecular flexibility index (Phi) is 5.01. The molecule has 0 aliphatic heterocycles. The number of aliphatic hydroxyl groups excluding tert-OH is 1. The number of hydrogen-bond donors (Lipinski definition) is 3. The van der Waals surface area contributed by atoms with Gasteiger partial charge in [-0.1, -0.05) is 0 Å². The maximum Gasteiger partial charge on any atom is 0.287 e. The molecule has 1 heterocycles. The Hall–Kier alpha value is -1.33. The molecular formula is C11H18N2O3. The molecule has 90 valence electrons. The summed E-state index contributed by atoms with van der Waals surface area (Å²) in [6, 6.07) is 3.40. The Morgan fingerprint density at radius 1 is 1.50 bits per heavy atom. The number of carbonyl (C=O) groups is 1. The van der Waals surface area contributed by atoms with Gasteiger partial charge in [0.1, 0.15) is 5.76 Å². The molecular weight excluding hydrogens is 208 g/mol. The Labute approximate surface area is 94.8 Å². The minimum Gasteiger partial charge on any atom is -0.456 e. The van der Waals surface area contributed by atoms with Crippen molar-refractivity contribution in [3.05, 3.63) is 23.7 Å². The van der Waals surface area contributed by atoms with Crippen LogP contribution in [0.4, 0.5) is 0 Å². The maximum absolute atomic E-state index is 11.5. The number of amides is 1. The Morgan fingerprint density at radius 2 is 2.25 bits per heavy atom. The van der Waals surface area contributed by atoms with Crippen LogP contribution in [0.5, 0.6) is 0 Å². The van der Waals surface area contributed by atoms with Gasteiger partial charge in [-0.2, -0.15) is 0 Å². The summed E-state index contributed by atoms with van der Waals surface area (Å²) in [5.41, 5.74) is 0. The van der Waals surface area contributed by atoms with Crippen molar-refractivity contribution in [1.82, 2.24) is 10.6 Å². The first-order chi connectivity index (χ1) is 7.59. The largest absolute Gasteiger partial charge is 0.456 e. The SMILES string of the molecule is Cc1ccc(C(=O)NCCNCC(C)O)o1. The van der Waals surface area contributed by atoms with E-state index in [4.69, 9.17) is 9.52 Å². The number of carbonyl (C=O) groups excluding carboxylic acids is 1. The minimum absolute atomic E-state index is 0.216. The first kappa shape index (κ1) is 12.7. The zero-order valence-corrected chi connectivity index (χ0v) is 9.62. The van der Waals surface area contributed by atoms with E-state index in [0.717, 1.165) is 5.76 Å². The molecule has 1 atom stereocenters. The summed E-state index contributed by atoms with van der Waals surface area (Å²) in [4.78, 5) is 11.5. The average Bonchev–Trinajstić information content (AvgIpc) is 2.63. The molecule has 0 saturated carbocycles. The topological polar surface area (TPSA) is 74.5 Å². The van der Waals surface area contributed by atoms with Gasteiger partial charge in [-0.3, -0.25) is 4.79 Å². The van der Waals surface area contributed by atoms with Gasteiger partial charge >= 0.3 is 0 Å². The van der Waals surface area contributed by atoms with Crippen molar-refractivity contribution in [3.8, 4) is 0 Å². The monoisotopic (exact) mass is 226 g/mol. The first-order valence-corrected chi connectivity index (χ1v) is 5.33. The Morgan fingerprint density at radius 3 is 2.81 bits per heavy atom. The highest BCUT2D eigenvalue weighted by molar-refractivity contribution is 5.91. The zero-order valence-electron chi connectivity index (χ0n) is 9.62. The van der Waals surface area contributed by atoms with E-state index in [1.165, 1.54) is 0 Å². The smallest absolute Gasteiger partial charge is 0.287 e. The second kappa shape index (κ2) is 6.30. The Bertz CT molecular complexity index is 334. The molecule has 0 fully saturated rings. The molecule has 0 aliphatic rings. The van der Waals surface area contributed by atoms with E-state index in [2.05, 4.69) is 10.6 Å². The average molecular weight is 226 g/mol. The van der Waals surface area contributed by atoms with Crippen molar-refractivity contribution >= 4 is 5.91 Å². The van der Waals surface area contributed by atoms with Crippen LogP contribution in [0.25, 0.3) is 0 Å². The second-order valence-electron chi connectivity index (χ2n) is 3.72. The van der Waals surface area contributed by atoms with Crippen molar-refractivity contribution in [2.24, 2.45) is 0 Å². The summed E-state index contributed by atoms with van der Waals surface area (Å²) in [5.74, 6) is 0.831. The number of furan rings is 1. The van der Waals surface area contributed by atoms with Gasteiger partial charge in [0.15, 0.2) is 5.76 Å². The van der Waals surface area contributed by atoms with Gasteiger partial charge < -0.3 is 20.2 Å². The van der Waals surface area contributed by atoms with Crippen LogP contribution in [-0.4, -0.2) is 36.8 Å². The molecule has 0 spiro atoms. The molecule has 16 heavy (non-hydrogen) atoms. The van der Waals surface area contributed by atoms with Crippen LogP contribution < -0.4 is 10.6 Å². The summed E-state index contributed by atoms with van der Waals surface area (Å²) in [5, 5.41) is 14.7. The van der Waals surface area contributed by atoms with Gasteiger partial charge in [-0.25, -0.2) is 0 Å². The molecule has 5 nitrogen and oxygen atoms in total. The van der Waals surface area contributed by atoms with Crippen molar-refractivity contribution in [1.29, 1.82) is 0 Å². The van der Waals surface area contributed by atoms with Gasteiger partial charge in [-0.15, -0.1) is 0 Å². The van der Waals surface area contributed by atoms with Crippen LogP contribution >= 0.6 is 0 Å². The fourth-order valence-electron chi connectivity index (χ4n) is 1.22. The minimum atomic E-state index is -0.372. The van der Waals surface area contributed by atoms with Gasteiger partial charge in [-0.05, 0) is 26.0 Å². The molecule has 0 aromatic carbocycles. The van der Waals surface area contributed by atoms with Gasteiger partial charge in [0.05, 0.1) is 6.10 Å². The van der Waals surface area contributed by atoms with Crippen LogP contribution in [-0.2, 0) is 0 Å². The summed E-state index contributed by atoms with van der Waals surface area (Å²) in [7, 11) is 0. The van der Waals surface area contributed by atoms with Crippen LogP contribution in [0, 0.1) is 6.92 Å². The molecule has 1 aromatic heterocycles. The summed E-state index contributed by atoms with van der Waals surface area (Å²) in [6.07, 6.45) is -0.372. The summed E-state index contributed by atoms with van der Waals surface area (Å²) < 4.78 is 5.17. The number of aliphatic hydroxyl groups is 1. The molecule has 5 heteroatoms.